The molecule has 0 radical (unpaired) electrons. The number of ether oxygens (including phenoxy) is 1. The third-order valence-electron chi connectivity index (χ3n) is 5.27. The number of hydrogen-bond donors (Lipinski definition) is 4. The molecule has 0 aliphatic carbocycles. The Bertz CT molecular complexity index is 1100. The minimum atomic E-state index is -0.417. The molecular formula is C22H25N7O2S. The first-order chi connectivity index (χ1) is 15.5. The van der Waals surface area contributed by atoms with Crippen LogP contribution in [-0.2, 0) is 17.7 Å². The van der Waals surface area contributed by atoms with Crippen LogP contribution in [0.4, 0.5) is 16.3 Å². The molecule has 1 aromatic carbocycles. The number of nitrogens with one attached hydrogen (secondary N) is 3. The van der Waals surface area contributed by atoms with Crippen LogP contribution in [0.25, 0.3) is 0 Å². The first-order valence-electron chi connectivity index (χ1n) is 10.2. The van der Waals surface area contributed by atoms with Crippen LogP contribution in [0.1, 0.15) is 27.7 Å². The molecule has 3 heterocycles. The Balaban J connectivity index is 1.40. The van der Waals surface area contributed by atoms with Gasteiger partial charge in [-0.25, -0.2) is 14.8 Å². The molecule has 0 saturated carbocycles. The maximum absolute atomic E-state index is 12.5. The van der Waals surface area contributed by atoms with E-state index in [1.165, 1.54) is 11.1 Å². The minimum absolute atomic E-state index is 0.304. The van der Waals surface area contributed by atoms with Gasteiger partial charge in [0.1, 0.15) is 11.7 Å². The van der Waals surface area contributed by atoms with Crippen LogP contribution in [0.15, 0.2) is 48.1 Å². The lowest BCUT2D eigenvalue weighted by Gasteiger charge is -2.28. The highest BCUT2D eigenvalue weighted by atomic mass is 32.1. The maximum Gasteiger partial charge on any atom is 0.320 e. The van der Waals surface area contributed by atoms with Gasteiger partial charge in [0.15, 0.2) is 0 Å². The first kappa shape index (κ1) is 21.7. The topological polar surface area (TPSA) is 129 Å². The predicted octanol–water partition coefficient (Wildman–Crippen LogP) is 3.01. The third kappa shape index (κ3) is 4.87. The monoisotopic (exact) mass is 451 g/mol. The van der Waals surface area contributed by atoms with Gasteiger partial charge in [0, 0.05) is 42.9 Å². The summed E-state index contributed by atoms with van der Waals surface area (Å²) >= 11 is 1.60. The minimum Gasteiger partial charge on any atom is -0.398 e. The van der Waals surface area contributed by atoms with Crippen molar-refractivity contribution in [3.8, 4) is 0 Å². The second-order valence-corrected chi connectivity index (χ2v) is 8.36. The molecule has 166 valence electrons. The lowest BCUT2D eigenvalue weighted by molar-refractivity contribution is 0.168. The Morgan fingerprint density at radius 3 is 2.91 bits per heavy atom. The fourth-order valence-electron chi connectivity index (χ4n) is 3.60. The number of nitrogens with two attached hydrogens (primary N) is 1. The molecule has 9 nitrogen and oxygen atoms in total. The fourth-order valence-corrected chi connectivity index (χ4v) is 4.43. The number of urea groups is 1. The van der Waals surface area contributed by atoms with Gasteiger partial charge in [-0.1, -0.05) is 30.3 Å². The number of rotatable bonds is 6. The molecule has 0 unspecified atom stereocenters. The summed E-state index contributed by atoms with van der Waals surface area (Å²) in [6.45, 7) is 1.68. The summed E-state index contributed by atoms with van der Waals surface area (Å²) in [5.74, 6) is 0.624. The molecule has 1 aliphatic heterocycles. The molecule has 1 aliphatic rings. The number of aromatic nitrogens is 2. The summed E-state index contributed by atoms with van der Waals surface area (Å²) in [5.41, 5.74) is 11.0. The summed E-state index contributed by atoms with van der Waals surface area (Å²) in [5, 5.41) is 14.2. The number of nitrogen functional groups attached to an aromatic ring is 1. The van der Waals surface area contributed by atoms with E-state index in [0.717, 1.165) is 17.7 Å². The number of nitrogens with zero attached hydrogens (tertiary/aromatic N) is 3. The SMILES string of the molecule is COC[C@@H](NC(=O)Nc1cc(N)c(C(=N)N2CCc3ncsc3C2)cn1)c1ccccc1. The third-order valence-corrected chi connectivity index (χ3v) is 6.13. The van der Waals surface area contributed by atoms with E-state index in [-0.39, 0.29) is 6.04 Å². The van der Waals surface area contributed by atoms with Crippen LogP contribution in [0.5, 0.6) is 0 Å². The van der Waals surface area contributed by atoms with E-state index >= 15 is 0 Å². The summed E-state index contributed by atoms with van der Waals surface area (Å²) in [6.07, 6.45) is 2.33. The molecule has 3 aromatic rings. The van der Waals surface area contributed by atoms with Gasteiger partial charge in [-0.3, -0.25) is 10.7 Å². The summed E-state index contributed by atoms with van der Waals surface area (Å²) < 4.78 is 5.24. The molecule has 32 heavy (non-hydrogen) atoms. The van der Waals surface area contributed by atoms with Crippen LogP contribution in [0, 0.1) is 5.41 Å². The molecule has 0 spiro atoms. The molecule has 5 N–H and O–H groups in total. The van der Waals surface area contributed by atoms with E-state index in [9.17, 15) is 4.79 Å². The number of benzene rings is 1. The van der Waals surface area contributed by atoms with Crippen molar-refractivity contribution in [1.82, 2.24) is 20.2 Å². The quantitative estimate of drug-likeness (QED) is 0.337. The standard InChI is InChI=1S/C22H25N7O2S/c1-31-12-18(14-5-3-2-4-6-14)27-22(30)28-20-9-16(23)15(10-25-20)21(24)29-8-7-17-19(11-29)32-13-26-17/h2-6,9-10,13,18,24H,7-8,11-12H2,1H3,(H4,23,25,27,28,30)/t18-/m1/s1. The van der Waals surface area contributed by atoms with E-state index in [4.69, 9.17) is 15.9 Å². The Hall–Kier alpha value is -3.50. The van der Waals surface area contributed by atoms with Crippen molar-refractivity contribution >= 4 is 34.7 Å². The maximum atomic E-state index is 12.5. The Kier molecular flexibility index (Phi) is 6.62. The predicted molar refractivity (Wildman–Crippen MR) is 125 cm³/mol. The number of fused-ring (bicyclic) bond motifs is 1. The highest BCUT2D eigenvalue weighted by molar-refractivity contribution is 7.09. The highest BCUT2D eigenvalue weighted by Crippen LogP contribution is 2.25. The number of carbonyl (C=O) groups is 1. The Labute approximate surface area is 190 Å². The number of pyridine rings is 1. The normalized spacial score (nSPS) is 13.8. The number of methoxy groups -OCH3 is 1. The van der Waals surface area contributed by atoms with Gasteiger partial charge in [-0.15, -0.1) is 11.3 Å². The van der Waals surface area contributed by atoms with Crippen LogP contribution < -0.4 is 16.4 Å². The number of anilines is 2. The van der Waals surface area contributed by atoms with E-state index in [1.54, 1.807) is 24.5 Å². The molecule has 0 bridgehead atoms. The smallest absolute Gasteiger partial charge is 0.320 e. The zero-order valence-electron chi connectivity index (χ0n) is 17.7. The molecule has 2 aromatic heterocycles. The van der Waals surface area contributed by atoms with Crippen molar-refractivity contribution in [2.45, 2.75) is 19.0 Å². The molecule has 10 heteroatoms. The highest BCUT2D eigenvalue weighted by Gasteiger charge is 2.23. The van der Waals surface area contributed by atoms with Gasteiger partial charge >= 0.3 is 6.03 Å². The van der Waals surface area contributed by atoms with Crippen molar-refractivity contribution < 1.29 is 9.53 Å². The number of thiazole rings is 1. The summed E-state index contributed by atoms with van der Waals surface area (Å²) in [7, 11) is 1.59. The summed E-state index contributed by atoms with van der Waals surface area (Å²) in [4.78, 5) is 24.3. The van der Waals surface area contributed by atoms with Crippen LogP contribution in [-0.4, -0.2) is 47.0 Å². The van der Waals surface area contributed by atoms with E-state index in [0.29, 0.717) is 42.6 Å². The summed E-state index contributed by atoms with van der Waals surface area (Å²) in [6, 6.07) is 10.4. The zero-order valence-corrected chi connectivity index (χ0v) is 18.5. The van der Waals surface area contributed by atoms with Gasteiger partial charge in [-0.2, -0.15) is 0 Å². The van der Waals surface area contributed by atoms with Crippen LogP contribution in [0.2, 0.25) is 0 Å². The van der Waals surface area contributed by atoms with Gasteiger partial charge < -0.3 is 20.7 Å². The second kappa shape index (κ2) is 9.75. The van der Waals surface area contributed by atoms with Crippen molar-refractivity contribution in [1.29, 1.82) is 5.41 Å². The van der Waals surface area contributed by atoms with Crippen LogP contribution >= 0.6 is 11.3 Å². The first-order valence-corrected chi connectivity index (χ1v) is 11.0. The molecule has 1 atom stereocenters. The largest absolute Gasteiger partial charge is 0.398 e. The molecule has 2 amide bonds. The molecular weight excluding hydrogens is 426 g/mol. The fraction of sp³-hybridized carbons (Fsp3) is 0.273. The average molecular weight is 452 g/mol. The lowest BCUT2D eigenvalue weighted by Crippen LogP contribution is -2.36. The number of hydrogen-bond acceptors (Lipinski definition) is 7. The average Bonchev–Trinajstić information content (AvgIpc) is 3.27. The number of amides is 2. The van der Waals surface area contributed by atoms with Crippen molar-refractivity contribution in [3.63, 3.8) is 0 Å². The lowest BCUT2D eigenvalue weighted by atomic mass is 10.1. The van der Waals surface area contributed by atoms with Crippen molar-refractivity contribution in [2.75, 3.05) is 31.3 Å². The number of carbonyl (C=O) groups excluding carboxylic acids is 1. The molecule has 4 rings (SSSR count). The molecule has 0 saturated heterocycles. The Morgan fingerprint density at radius 2 is 2.16 bits per heavy atom. The van der Waals surface area contributed by atoms with E-state index in [1.807, 2.05) is 40.7 Å². The Morgan fingerprint density at radius 1 is 1.34 bits per heavy atom. The van der Waals surface area contributed by atoms with Crippen molar-refractivity contribution in [3.05, 3.63) is 69.8 Å². The van der Waals surface area contributed by atoms with Gasteiger partial charge in [0.25, 0.3) is 0 Å². The van der Waals surface area contributed by atoms with E-state index < -0.39 is 6.03 Å². The van der Waals surface area contributed by atoms with Crippen LogP contribution in [0.3, 0.4) is 0 Å². The van der Waals surface area contributed by atoms with E-state index in [2.05, 4.69) is 20.6 Å². The van der Waals surface area contributed by atoms with Gasteiger partial charge in [-0.05, 0) is 5.56 Å². The van der Waals surface area contributed by atoms with Gasteiger partial charge in [0.05, 0.1) is 36.0 Å². The number of amidine groups is 1. The second-order valence-electron chi connectivity index (χ2n) is 7.42. The zero-order chi connectivity index (χ0) is 22.5. The molecule has 0 fully saturated rings. The van der Waals surface area contributed by atoms with Crippen molar-refractivity contribution in [2.24, 2.45) is 0 Å². The van der Waals surface area contributed by atoms with Gasteiger partial charge in [0.2, 0.25) is 0 Å².